The molecule has 0 aliphatic carbocycles. The Kier molecular flexibility index (Phi) is 6.27. The van der Waals surface area contributed by atoms with Crippen LogP contribution in [-0.2, 0) is 6.42 Å². The normalized spacial score (nSPS) is 12.2. The summed E-state index contributed by atoms with van der Waals surface area (Å²) in [5.41, 5.74) is 2.56. The van der Waals surface area contributed by atoms with Gasteiger partial charge in [0, 0.05) is 15.0 Å². The first-order chi connectivity index (χ1) is 10.1. The van der Waals surface area contributed by atoms with Crippen molar-refractivity contribution in [3.63, 3.8) is 0 Å². The zero-order valence-electron chi connectivity index (χ0n) is 12.2. The highest BCUT2D eigenvalue weighted by Gasteiger charge is 2.14. The van der Waals surface area contributed by atoms with Crippen LogP contribution in [-0.4, -0.2) is 13.7 Å². The molecule has 0 aliphatic heterocycles. The minimum Gasteiger partial charge on any atom is -0.497 e. The van der Waals surface area contributed by atoms with E-state index in [1.165, 1.54) is 11.1 Å². The maximum Gasteiger partial charge on any atom is 0.118 e. The van der Waals surface area contributed by atoms with E-state index in [0.29, 0.717) is 0 Å². The Bertz CT molecular complexity index is 584. The molecule has 0 fully saturated rings. The lowest BCUT2D eigenvalue weighted by molar-refractivity contribution is 0.414. The van der Waals surface area contributed by atoms with E-state index in [2.05, 4.69) is 74.4 Å². The Morgan fingerprint density at radius 2 is 1.81 bits per heavy atom. The number of hydrogen-bond acceptors (Lipinski definition) is 2. The van der Waals surface area contributed by atoms with Crippen LogP contribution < -0.4 is 10.1 Å². The van der Waals surface area contributed by atoms with Gasteiger partial charge < -0.3 is 10.1 Å². The molecule has 0 saturated heterocycles. The quantitative estimate of drug-likeness (QED) is 0.711. The van der Waals surface area contributed by atoms with Gasteiger partial charge in [-0.25, -0.2) is 0 Å². The van der Waals surface area contributed by atoms with Gasteiger partial charge in [-0.1, -0.05) is 57.0 Å². The van der Waals surface area contributed by atoms with Crippen molar-refractivity contribution in [2.45, 2.75) is 19.4 Å². The molecule has 21 heavy (non-hydrogen) atoms. The molecule has 0 spiro atoms. The zero-order chi connectivity index (χ0) is 15.2. The van der Waals surface area contributed by atoms with Crippen molar-refractivity contribution in [3.8, 4) is 5.75 Å². The van der Waals surface area contributed by atoms with Crippen molar-refractivity contribution in [2.24, 2.45) is 0 Å². The molecule has 0 saturated carbocycles. The monoisotopic (exact) mass is 411 g/mol. The third-order valence-corrected chi connectivity index (χ3v) is 4.57. The van der Waals surface area contributed by atoms with Gasteiger partial charge in [0.05, 0.1) is 7.11 Å². The van der Waals surface area contributed by atoms with Crippen LogP contribution in [0, 0.1) is 0 Å². The molecule has 1 unspecified atom stereocenters. The fourth-order valence-electron chi connectivity index (χ4n) is 2.32. The van der Waals surface area contributed by atoms with Crippen LogP contribution in [0.4, 0.5) is 0 Å². The SMILES string of the molecule is CCNC(Cc1ccc(OC)cc1)c1ccc(Br)cc1Br. The van der Waals surface area contributed by atoms with E-state index in [9.17, 15) is 0 Å². The molecule has 2 rings (SSSR count). The Hall–Kier alpha value is -0.840. The summed E-state index contributed by atoms with van der Waals surface area (Å²) in [5.74, 6) is 0.892. The number of likely N-dealkylation sites (N-methyl/N-ethyl adjacent to an activating group) is 1. The smallest absolute Gasteiger partial charge is 0.118 e. The Morgan fingerprint density at radius 1 is 1.10 bits per heavy atom. The van der Waals surface area contributed by atoms with E-state index in [1.54, 1.807) is 7.11 Å². The Balaban J connectivity index is 2.21. The molecule has 2 nitrogen and oxygen atoms in total. The van der Waals surface area contributed by atoms with Gasteiger partial charge in [0.2, 0.25) is 0 Å². The van der Waals surface area contributed by atoms with Crippen LogP contribution in [0.25, 0.3) is 0 Å². The van der Waals surface area contributed by atoms with Crippen molar-refractivity contribution in [3.05, 3.63) is 62.5 Å². The van der Waals surface area contributed by atoms with E-state index in [4.69, 9.17) is 4.74 Å². The summed E-state index contributed by atoms with van der Waals surface area (Å²) in [7, 11) is 1.69. The minimum absolute atomic E-state index is 0.283. The summed E-state index contributed by atoms with van der Waals surface area (Å²) >= 11 is 7.17. The van der Waals surface area contributed by atoms with E-state index >= 15 is 0 Å². The van der Waals surface area contributed by atoms with Gasteiger partial charge in [-0.05, 0) is 48.4 Å². The average Bonchev–Trinajstić information content (AvgIpc) is 2.48. The van der Waals surface area contributed by atoms with Gasteiger partial charge in [0.1, 0.15) is 5.75 Å². The molecule has 0 radical (unpaired) electrons. The van der Waals surface area contributed by atoms with Gasteiger partial charge in [0.25, 0.3) is 0 Å². The molecule has 0 aromatic heterocycles. The highest BCUT2D eigenvalue weighted by molar-refractivity contribution is 9.11. The minimum atomic E-state index is 0.283. The lowest BCUT2D eigenvalue weighted by Crippen LogP contribution is -2.23. The van der Waals surface area contributed by atoms with Crippen molar-refractivity contribution < 1.29 is 4.74 Å². The van der Waals surface area contributed by atoms with Crippen LogP contribution >= 0.6 is 31.9 Å². The summed E-state index contributed by atoms with van der Waals surface area (Å²) in [4.78, 5) is 0. The average molecular weight is 413 g/mol. The number of hydrogen-bond donors (Lipinski definition) is 1. The first-order valence-corrected chi connectivity index (χ1v) is 8.54. The third-order valence-electron chi connectivity index (χ3n) is 3.39. The molecular weight excluding hydrogens is 394 g/mol. The maximum absolute atomic E-state index is 5.21. The molecule has 4 heteroatoms. The summed E-state index contributed by atoms with van der Waals surface area (Å²) in [5, 5.41) is 3.56. The summed E-state index contributed by atoms with van der Waals surface area (Å²) in [6.45, 7) is 3.07. The lowest BCUT2D eigenvalue weighted by Gasteiger charge is -2.20. The van der Waals surface area contributed by atoms with Crippen molar-refractivity contribution in [1.29, 1.82) is 0 Å². The molecule has 1 N–H and O–H groups in total. The first kappa shape index (κ1) is 16.5. The van der Waals surface area contributed by atoms with E-state index in [0.717, 1.165) is 27.7 Å². The second-order valence-corrected chi connectivity index (χ2v) is 6.60. The van der Waals surface area contributed by atoms with Gasteiger partial charge in [0.15, 0.2) is 0 Å². The summed E-state index contributed by atoms with van der Waals surface area (Å²) < 4.78 is 7.41. The predicted molar refractivity (Wildman–Crippen MR) is 95.0 cm³/mol. The second-order valence-electron chi connectivity index (χ2n) is 4.83. The number of rotatable bonds is 6. The number of halogens is 2. The molecule has 2 aromatic carbocycles. The molecule has 0 bridgehead atoms. The largest absolute Gasteiger partial charge is 0.497 e. The van der Waals surface area contributed by atoms with Crippen LogP contribution in [0.15, 0.2) is 51.4 Å². The molecular formula is C17H19Br2NO. The maximum atomic E-state index is 5.21. The lowest BCUT2D eigenvalue weighted by atomic mass is 9.99. The molecule has 112 valence electrons. The van der Waals surface area contributed by atoms with E-state index < -0.39 is 0 Å². The van der Waals surface area contributed by atoms with E-state index in [1.807, 2.05) is 12.1 Å². The fraction of sp³-hybridized carbons (Fsp3) is 0.294. The fourth-order valence-corrected chi connectivity index (χ4v) is 3.64. The van der Waals surface area contributed by atoms with Crippen molar-refractivity contribution >= 4 is 31.9 Å². The topological polar surface area (TPSA) is 21.3 Å². The van der Waals surface area contributed by atoms with E-state index in [-0.39, 0.29) is 6.04 Å². The second kappa shape index (κ2) is 7.97. The van der Waals surface area contributed by atoms with Gasteiger partial charge in [-0.3, -0.25) is 0 Å². The third kappa shape index (κ3) is 4.56. The van der Waals surface area contributed by atoms with Crippen molar-refractivity contribution in [1.82, 2.24) is 5.32 Å². The number of nitrogens with one attached hydrogen (secondary N) is 1. The zero-order valence-corrected chi connectivity index (χ0v) is 15.4. The number of ether oxygens (including phenoxy) is 1. The van der Waals surface area contributed by atoms with Crippen LogP contribution in [0.1, 0.15) is 24.1 Å². The van der Waals surface area contributed by atoms with Crippen LogP contribution in [0.5, 0.6) is 5.75 Å². The molecule has 0 heterocycles. The molecule has 0 aliphatic rings. The highest BCUT2D eigenvalue weighted by atomic mass is 79.9. The number of benzene rings is 2. The molecule has 2 aromatic rings. The van der Waals surface area contributed by atoms with Crippen LogP contribution in [0.3, 0.4) is 0 Å². The number of methoxy groups -OCH3 is 1. The van der Waals surface area contributed by atoms with Gasteiger partial charge >= 0.3 is 0 Å². The van der Waals surface area contributed by atoms with Gasteiger partial charge in [-0.15, -0.1) is 0 Å². The Labute approximate surface area is 143 Å². The molecule has 1 atom stereocenters. The van der Waals surface area contributed by atoms with Crippen LogP contribution in [0.2, 0.25) is 0 Å². The summed E-state index contributed by atoms with van der Waals surface area (Å²) in [6.07, 6.45) is 0.943. The molecule has 0 amide bonds. The van der Waals surface area contributed by atoms with Gasteiger partial charge in [-0.2, -0.15) is 0 Å². The highest BCUT2D eigenvalue weighted by Crippen LogP contribution is 2.29. The summed E-state index contributed by atoms with van der Waals surface area (Å²) in [6, 6.07) is 14.9. The Morgan fingerprint density at radius 3 is 2.38 bits per heavy atom. The standard InChI is InChI=1S/C17H19Br2NO/c1-3-20-17(15-9-6-13(18)11-16(15)19)10-12-4-7-14(21-2)8-5-12/h4-9,11,17,20H,3,10H2,1-2H3. The van der Waals surface area contributed by atoms with Crippen molar-refractivity contribution in [2.75, 3.05) is 13.7 Å². The first-order valence-electron chi connectivity index (χ1n) is 6.95. The predicted octanol–water partition coefficient (Wildman–Crippen LogP) is 5.11.